The highest BCUT2D eigenvalue weighted by Gasteiger charge is 2.13. The fourth-order valence-corrected chi connectivity index (χ4v) is 3.40. The molecule has 0 spiro atoms. The number of aldehydes is 1. The van der Waals surface area contributed by atoms with Crippen molar-refractivity contribution in [2.24, 2.45) is 5.73 Å². The van der Waals surface area contributed by atoms with Crippen molar-refractivity contribution in [1.29, 1.82) is 0 Å². The summed E-state index contributed by atoms with van der Waals surface area (Å²) in [7, 11) is 0. The molecule has 1 unspecified atom stereocenters. The number of benzene rings is 2. The molecule has 0 saturated carbocycles. The minimum atomic E-state index is -0.210. The molecule has 0 aliphatic rings. The molecular formula is C19H17NOS. The van der Waals surface area contributed by atoms with Gasteiger partial charge in [0.05, 0.1) is 5.92 Å². The second kappa shape index (κ2) is 6.69. The lowest BCUT2D eigenvalue weighted by Crippen LogP contribution is -2.01. The fourth-order valence-electron chi connectivity index (χ4n) is 2.51. The summed E-state index contributed by atoms with van der Waals surface area (Å²) in [4.78, 5) is 13.9. The van der Waals surface area contributed by atoms with Crippen LogP contribution in [0.3, 0.4) is 0 Å². The summed E-state index contributed by atoms with van der Waals surface area (Å²) >= 11 is 1.71. The van der Waals surface area contributed by atoms with Gasteiger partial charge in [-0.05, 0) is 28.8 Å². The lowest BCUT2D eigenvalue weighted by Gasteiger charge is -2.11. The van der Waals surface area contributed by atoms with Crippen LogP contribution >= 0.6 is 11.3 Å². The first-order valence-electron chi connectivity index (χ1n) is 7.21. The van der Waals surface area contributed by atoms with Gasteiger partial charge >= 0.3 is 0 Å². The Balaban J connectivity index is 1.88. The number of hydrogen-bond acceptors (Lipinski definition) is 3. The van der Waals surface area contributed by atoms with Gasteiger partial charge in [-0.1, -0.05) is 54.6 Å². The highest BCUT2D eigenvalue weighted by atomic mass is 32.1. The lowest BCUT2D eigenvalue weighted by atomic mass is 9.92. The van der Waals surface area contributed by atoms with Gasteiger partial charge < -0.3 is 10.5 Å². The summed E-state index contributed by atoms with van der Waals surface area (Å²) in [5.41, 5.74) is 8.85. The van der Waals surface area contributed by atoms with E-state index in [1.165, 1.54) is 9.75 Å². The van der Waals surface area contributed by atoms with E-state index in [2.05, 4.69) is 24.3 Å². The third kappa shape index (κ3) is 3.01. The fraction of sp³-hybridized carbons (Fsp3) is 0.105. The van der Waals surface area contributed by atoms with Crippen molar-refractivity contribution >= 4 is 17.6 Å². The van der Waals surface area contributed by atoms with Crippen molar-refractivity contribution in [3.05, 3.63) is 82.7 Å². The van der Waals surface area contributed by atoms with Crippen LogP contribution in [0.2, 0.25) is 0 Å². The van der Waals surface area contributed by atoms with Gasteiger partial charge in [-0.15, -0.1) is 11.3 Å². The molecule has 1 heterocycles. The average molecular weight is 307 g/mol. The molecule has 0 fully saturated rings. The molecule has 22 heavy (non-hydrogen) atoms. The Bertz CT molecular complexity index is 747. The van der Waals surface area contributed by atoms with E-state index in [4.69, 9.17) is 5.73 Å². The monoisotopic (exact) mass is 307 g/mol. The maximum Gasteiger partial charge on any atom is 0.131 e. The van der Waals surface area contributed by atoms with Gasteiger partial charge in [0, 0.05) is 16.3 Å². The minimum absolute atomic E-state index is 0.210. The van der Waals surface area contributed by atoms with Crippen LogP contribution in [0.4, 0.5) is 0 Å². The summed E-state index contributed by atoms with van der Waals surface area (Å²) in [5, 5.41) is 0. The maximum atomic E-state index is 11.5. The van der Waals surface area contributed by atoms with E-state index < -0.39 is 0 Å². The Kier molecular flexibility index (Phi) is 4.47. The number of rotatable bonds is 5. The molecule has 2 aromatic carbocycles. The smallest absolute Gasteiger partial charge is 0.131 e. The molecule has 2 N–H and O–H groups in total. The number of carbonyl (C=O) groups is 1. The maximum absolute atomic E-state index is 11.5. The summed E-state index contributed by atoms with van der Waals surface area (Å²) < 4.78 is 0. The normalized spacial score (nSPS) is 12.0. The Morgan fingerprint density at radius 2 is 1.59 bits per heavy atom. The Labute approximate surface area is 134 Å². The van der Waals surface area contributed by atoms with Crippen LogP contribution in [0.15, 0.2) is 66.7 Å². The molecule has 0 bridgehead atoms. The first-order chi connectivity index (χ1) is 10.8. The molecule has 1 aromatic heterocycles. The number of thiophene rings is 1. The van der Waals surface area contributed by atoms with Gasteiger partial charge in [0.25, 0.3) is 0 Å². The van der Waals surface area contributed by atoms with E-state index >= 15 is 0 Å². The SMILES string of the molecule is NCc1ccc(-c2ccc(C(C=O)c3ccccc3)cc2)s1. The van der Waals surface area contributed by atoms with Crippen LogP contribution in [0.1, 0.15) is 21.9 Å². The standard InChI is InChI=1S/C19H17NOS/c20-12-17-10-11-19(22-17)16-8-6-15(7-9-16)18(13-21)14-4-2-1-3-5-14/h1-11,13,18H,12,20H2. The van der Waals surface area contributed by atoms with Crippen molar-refractivity contribution in [3.63, 3.8) is 0 Å². The van der Waals surface area contributed by atoms with Crippen molar-refractivity contribution in [2.45, 2.75) is 12.5 Å². The predicted octanol–water partition coefficient (Wildman–Crippen LogP) is 4.20. The number of hydrogen-bond donors (Lipinski definition) is 1. The van der Waals surface area contributed by atoms with E-state index in [1.54, 1.807) is 11.3 Å². The quantitative estimate of drug-likeness (QED) is 0.718. The summed E-state index contributed by atoms with van der Waals surface area (Å²) in [6.45, 7) is 0.573. The van der Waals surface area contributed by atoms with E-state index in [1.807, 2.05) is 42.5 Å². The van der Waals surface area contributed by atoms with Crippen molar-refractivity contribution in [2.75, 3.05) is 0 Å². The zero-order chi connectivity index (χ0) is 15.4. The first kappa shape index (κ1) is 14.7. The predicted molar refractivity (Wildman–Crippen MR) is 92.0 cm³/mol. The Morgan fingerprint density at radius 1 is 0.909 bits per heavy atom. The van der Waals surface area contributed by atoms with Crippen molar-refractivity contribution in [3.8, 4) is 10.4 Å². The minimum Gasteiger partial charge on any atom is -0.326 e. The third-order valence-electron chi connectivity index (χ3n) is 3.71. The summed E-state index contributed by atoms with van der Waals surface area (Å²) in [5.74, 6) is -0.210. The topological polar surface area (TPSA) is 43.1 Å². The molecule has 0 amide bonds. The van der Waals surface area contributed by atoms with E-state index in [-0.39, 0.29) is 5.92 Å². The molecule has 0 saturated heterocycles. The second-order valence-electron chi connectivity index (χ2n) is 5.12. The van der Waals surface area contributed by atoms with Crippen LogP contribution < -0.4 is 5.73 Å². The Hall–Kier alpha value is -2.23. The molecule has 3 rings (SSSR count). The van der Waals surface area contributed by atoms with Crippen LogP contribution in [-0.2, 0) is 11.3 Å². The molecule has 3 heteroatoms. The average Bonchev–Trinajstić information content (AvgIpc) is 3.06. The zero-order valence-corrected chi connectivity index (χ0v) is 12.9. The molecule has 0 aliphatic carbocycles. The zero-order valence-electron chi connectivity index (χ0n) is 12.1. The number of nitrogens with two attached hydrogens (primary N) is 1. The Morgan fingerprint density at radius 3 is 2.18 bits per heavy atom. The van der Waals surface area contributed by atoms with Gasteiger partial charge in [0.1, 0.15) is 6.29 Å². The van der Waals surface area contributed by atoms with Gasteiger partial charge in [-0.2, -0.15) is 0 Å². The highest BCUT2D eigenvalue weighted by Crippen LogP contribution is 2.30. The molecule has 1 atom stereocenters. The molecule has 3 aromatic rings. The number of carbonyl (C=O) groups excluding carboxylic acids is 1. The molecular weight excluding hydrogens is 290 g/mol. The molecule has 0 aliphatic heterocycles. The highest BCUT2D eigenvalue weighted by molar-refractivity contribution is 7.15. The van der Waals surface area contributed by atoms with Gasteiger partial charge in [0.15, 0.2) is 0 Å². The molecule has 0 radical (unpaired) electrons. The summed E-state index contributed by atoms with van der Waals surface area (Å²) in [6.07, 6.45) is 1.00. The van der Waals surface area contributed by atoms with E-state index in [0.29, 0.717) is 6.54 Å². The lowest BCUT2D eigenvalue weighted by molar-refractivity contribution is -0.108. The summed E-state index contributed by atoms with van der Waals surface area (Å²) in [6, 6.07) is 22.2. The largest absolute Gasteiger partial charge is 0.326 e. The van der Waals surface area contributed by atoms with E-state index in [0.717, 1.165) is 23.0 Å². The van der Waals surface area contributed by atoms with Crippen molar-refractivity contribution < 1.29 is 4.79 Å². The van der Waals surface area contributed by atoms with Crippen LogP contribution in [0.5, 0.6) is 0 Å². The first-order valence-corrected chi connectivity index (χ1v) is 8.03. The van der Waals surface area contributed by atoms with Crippen LogP contribution in [-0.4, -0.2) is 6.29 Å². The van der Waals surface area contributed by atoms with Gasteiger partial charge in [-0.25, -0.2) is 0 Å². The third-order valence-corrected chi connectivity index (χ3v) is 4.87. The molecule has 110 valence electrons. The van der Waals surface area contributed by atoms with Gasteiger partial charge in [-0.3, -0.25) is 0 Å². The second-order valence-corrected chi connectivity index (χ2v) is 6.28. The van der Waals surface area contributed by atoms with Crippen LogP contribution in [0.25, 0.3) is 10.4 Å². The molecule has 2 nitrogen and oxygen atoms in total. The van der Waals surface area contributed by atoms with Crippen LogP contribution in [0, 0.1) is 0 Å². The van der Waals surface area contributed by atoms with Gasteiger partial charge in [0.2, 0.25) is 0 Å². The van der Waals surface area contributed by atoms with E-state index in [9.17, 15) is 4.79 Å². The van der Waals surface area contributed by atoms with Crippen molar-refractivity contribution in [1.82, 2.24) is 0 Å².